The molecular formula is C14H14ClNO3S. The molecular weight excluding hydrogens is 298 g/mol. The summed E-state index contributed by atoms with van der Waals surface area (Å²) < 4.78 is 10.5. The zero-order chi connectivity index (χ0) is 14.4. The number of carbonyl (C=O) groups excluding carboxylic acids is 1. The fourth-order valence-corrected chi connectivity index (χ4v) is 2.34. The molecule has 0 radical (unpaired) electrons. The maximum absolute atomic E-state index is 11.2. The van der Waals surface area contributed by atoms with Gasteiger partial charge in [0.2, 0.25) is 5.89 Å². The van der Waals surface area contributed by atoms with Gasteiger partial charge in [-0.3, -0.25) is 4.79 Å². The maximum Gasteiger partial charge on any atom is 0.315 e. The number of esters is 1. The van der Waals surface area contributed by atoms with Crippen LogP contribution in [0.3, 0.4) is 0 Å². The Morgan fingerprint density at radius 1 is 1.40 bits per heavy atom. The second-order valence-corrected chi connectivity index (χ2v) is 5.34. The highest BCUT2D eigenvalue weighted by Gasteiger charge is 2.08. The minimum Gasteiger partial charge on any atom is -0.465 e. The number of carbonyl (C=O) groups is 1. The predicted molar refractivity (Wildman–Crippen MR) is 79.7 cm³/mol. The Morgan fingerprint density at radius 2 is 2.15 bits per heavy atom. The molecule has 2 rings (SSSR count). The molecule has 0 atom stereocenters. The van der Waals surface area contributed by atoms with Gasteiger partial charge >= 0.3 is 5.97 Å². The largest absolute Gasteiger partial charge is 0.465 e. The van der Waals surface area contributed by atoms with Crippen LogP contribution in [0.25, 0.3) is 11.3 Å². The van der Waals surface area contributed by atoms with Gasteiger partial charge in [0, 0.05) is 10.6 Å². The van der Waals surface area contributed by atoms with E-state index in [0.717, 1.165) is 5.56 Å². The number of halogens is 1. The van der Waals surface area contributed by atoms with Crippen molar-refractivity contribution in [1.29, 1.82) is 0 Å². The van der Waals surface area contributed by atoms with Crippen molar-refractivity contribution >= 4 is 29.3 Å². The van der Waals surface area contributed by atoms with Gasteiger partial charge in [-0.1, -0.05) is 11.6 Å². The van der Waals surface area contributed by atoms with E-state index in [2.05, 4.69) is 4.98 Å². The minimum atomic E-state index is -0.220. The van der Waals surface area contributed by atoms with E-state index in [1.165, 1.54) is 11.8 Å². The predicted octanol–water partition coefficient (Wildman–Crippen LogP) is 3.79. The Kier molecular flexibility index (Phi) is 5.49. The lowest BCUT2D eigenvalue weighted by molar-refractivity contribution is -0.139. The third-order valence-electron chi connectivity index (χ3n) is 2.43. The summed E-state index contributed by atoms with van der Waals surface area (Å²) in [5.41, 5.74) is 0.920. The summed E-state index contributed by atoms with van der Waals surface area (Å²) in [6.07, 6.45) is 1.67. The molecule has 1 aromatic heterocycles. The first-order valence-corrected chi connectivity index (χ1v) is 7.66. The number of hydrogen-bond acceptors (Lipinski definition) is 5. The molecule has 0 spiro atoms. The molecule has 2 aromatic rings. The van der Waals surface area contributed by atoms with E-state index < -0.39 is 0 Å². The van der Waals surface area contributed by atoms with Crippen molar-refractivity contribution in [3.8, 4) is 11.3 Å². The van der Waals surface area contributed by atoms with Gasteiger partial charge in [0.15, 0.2) is 5.76 Å². The van der Waals surface area contributed by atoms with Crippen molar-refractivity contribution in [1.82, 2.24) is 4.98 Å². The summed E-state index contributed by atoms with van der Waals surface area (Å²) in [5.74, 6) is 1.89. The Hall–Kier alpha value is -1.46. The van der Waals surface area contributed by atoms with Crippen LogP contribution < -0.4 is 0 Å². The van der Waals surface area contributed by atoms with Crippen LogP contribution in [-0.2, 0) is 15.3 Å². The molecule has 1 aromatic carbocycles. The first kappa shape index (κ1) is 14.9. The topological polar surface area (TPSA) is 52.3 Å². The molecule has 106 valence electrons. The number of benzene rings is 1. The molecule has 0 saturated heterocycles. The summed E-state index contributed by atoms with van der Waals surface area (Å²) in [4.78, 5) is 15.4. The second kappa shape index (κ2) is 7.36. The van der Waals surface area contributed by atoms with Gasteiger partial charge in [0.1, 0.15) is 0 Å². The van der Waals surface area contributed by atoms with Crippen molar-refractivity contribution in [2.75, 3.05) is 12.4 Å². The summed E-state index contributed by atoms with van der Waals surface area (Å²) in [5, 5.41) is 0.679. The molecule has 0 aliphatic carbocycles. The average molecular weight is 312 g/mol. The first-order valence-electron chi connectivity index (χ1n) is 6.13. The van der Waals surface area contributed by atoms with Crippen molar-refractivity contribution < 1.29 is 13.9 Å². The monoisotopic (exact) mass is 311 g/mol. The summed E-state index contributed by atoms with van der Waals surface area (Å²) in [7, 11) is 0. The third-order valence-corrected chi connectivity index (χ3v) is 3.58. The molecule has 0 fully saturated rings. The molecule has 0 bridgehead atoms. The average Bonchev–Trinajstić information content (AvgIpc) is 2.89. The highest BCUT2D eigenvalue weighted by Crippen LogP contribution is 2.23. The fourth-order valence-electron chi connectivity index (χ4n) is 1.55. The highest BCUT2D eigenvalue weighted by molar-refractivity contribution is 7.99. The summed E-state index contributed by atoms with van der Waals surface area (Å²) >= 11 is 7.25. The van der Waals surface area contributed by atoms with Gasteiger partial charge in [0.05, 0.1) is 24.3 Å². The van der Waals surface area contributed by atoms with Crippen LogP contribution in [0.2, 0.25) is 5.02 Å². The molecule has 0 aliphatic rings. The summed E-state index contributed by atoms with van der Waals surface area (Å²) in [6, 6.07) is 7.35. The Labute approximate surface area is 126 Å². The van der Waals surface area contributed by atoms with Gasteiger partial charge in [-0.25, -0.2) is 4.98 Å². The minimum absolute atomic E-state index is 0.220. The molecule has 0 aliphatic heterocycles. The van der Waals surface area contributed by atoms with Crippen LogP contribution in [-0.4, -0.2) is 23.3 Å². The van der Waals surface area contributed by atoms with E-state index in [1.807, 2.05) is 12.1 Å². The van der Waals surface area contributed by atoms with E-state index in [0.29, 0.717) is 34.8 Å². The normalized spacial score (nSPS) is 10.5. The number of thioether (sulfide) groups is 1. The molecule has 0 N–H and O–H groups in total. The molecule has 0 saturated carbocycles. The van der Waals surface area contributed by atoms with Gasteiger partial charge in [-0.15, -0.1) is 11.8 Å². The zero-order valence-corrected chi connectivity index (χ0v) is 12.5. The number of ether oxygens (including phenoxy) is 1. The highest BCUT2D eigenvalue weighted by atomic mass is 35.5. The fraction of sp³-hybridized carbons (Fsp3) is 0.286. The molecule has 0 amide bonds. The molecule has 0 unspecified atom stereocenters. The van der Waals surface area contributed by atoms with Gasteiger partial charge < -0.3 is 9.15 Å². The molecule has 20 heavy (non-hydrogen) atoms. The third kappa shape index (κ3) is 4.28. The number of nitrogens with zero attached hydrogens (tertiary/aromatic N) is 1. The Bertz CT molecular complexity index is 568. The number of aromatic nitrogens is 1. The van der Waals surface area contributed by atoms with Gasteiger partial charge in [-0.05, 0) is 31.2 Å². The van der Waals surface area contributed by atoms with Crippen LogP contribution in [0.1, 0.15) is 12.8 Å². The number of rotatable bonds is 6. The summed E-state index contributed by atoms with van der Waals surface area (Å²) in [6.45, 7) is 2.19. The van der Waals surface area contributed by atoms with Crippen LogP contribution in [0.4, 0.5) is 0 Å². The van der Waals surface area contributed by atoms with E-state index in [9.17, 15) is 4.79 Å². The lowest BCUT2D eigenvalue weighted by atomic mass is 10.2. The van der Waals surface area contributed by atoms with Crippen molar-refractivity contribution in [2.45, 2.75) is 12.7 Å². The lowest BCUT2D eigenvalue weighted by Crippen LogP contribution is -2.06. The first-order chi connectivity index (χ1) is 9.69. The molecule has 4 nitrogen and oxygen atoms in total. The Balaban J connectivity index is 1.89. The molecule has 6 heteroatoms. The maximum atomic E-state index is 11.2. The second-order valence-electron chi connectivity index (χ2n) is 3.92. The smallest absolute Gasteiger partial charge is 0.315 e. The van der Waals surface area contributed by atoms with Crippen LogP contribution >= 0.6 is 23.4 Å². The van der Waals surface area contributed by atoms with Crippen molar-refractivity contribution in [2.24, 2.45) is 0 Å². The van der Waals surface area contributed by atoms with Crippen molar-refractivity contribution in [3.63, 3.8) is 0 Å². The van der Waals surface area contributed by atoms with Crippen molar-refractivity contribution in [3.05, 3.63) is 41.4 Å². The van der Waals surface area contributed by atoms with Crippen LogP contribution in [0, 0.1) is 0 Å². The lowest BCUT2D eigenvalue weighted by Gasteiger charge is -2.00. The van der Waals surface area contributed by atoms with Crippen LogP contribution in [0.5, 0.6) is 0 Å². The van der Waals surface area contributed by atoms with E-state index in [-0.39, 0.29) is 5.97 Å². The number of oxazole rings is 1. The quantitative estimate of drug-likeness (QED) is 0.760. The standard InChI is InChI=1S/C14H14ClNO3S/c1-2-18-14(17)9-20-8-13-16-7-12(19-13)10-3-5-11(15)6-4-10/h3-7H,2,8-9H2,1H3. The Morgan fingerprint density at radius 3 is 2.85 bits per heavy atom. The van der Waals surface area contributed by atoms with Gasteiger partial charge in [0.25, 0.3) is 0 Å². The van der Waals surface area contributed by atoms with E-state index >= 15 is 0 Å². The number of hydrogen-bond donors (Lipinski definition) is 0. The SMILES string of the molecule is CCOC(=O)CSCc1ncc(-c2ccc(Cl)cc2)o1. The van der Waals surface area contributed by atoms with Crippen LogP contribution in [0.15, 0.2) is 34.9 Å². The van der Waals surface area contributed by atoms with E-state index in [1.54, 1.807) is 25.3 Å². The van der Waals surface area contributed by atoms with E-state index in [4.69, 9.17) is 20.8 Å². The zero-order valence-electron chi connectivity index (χ0n) is 11.0. The molecule has 1 heterocycles. The van der Waals surface area contributed by atoms with Gasteiger partial charge in [-0.2, -0.15) is 0 Å².